The maximum absolute atomic E-state index is 6.93. The summed E-state index contributed by atoms with van der Waals surface area (Å²) in [6.07, 6.45) is 14.4. The van der Waals surface area contributed by atoms with Crippen LogP contribution in [0.25, 0.3) is 0 Å². The normalized spacial score (nSPS) is 66.0. The molecule has 7 aliphatic rings. The molecule has 0 aromatic heterocycles. The third kappa shape index (κ3) is 2.10. The summed E-state index contributed by atoms with van der Waals surface area (Å²) < 4.78 is 20.0. The fourth-order valence-electron chi connectivity index (χ4n) is 10.7. The molecule has 0 amide bonds. The Morgan fingerprint density at radius 3 is 2.47 bits per heavy atom. The maximum Gasteiger partial charge on any atom is 0.171 e. The zero-order valence-electron chi connectivity index (χ0n) is 19.6. The van der Waals surface area contributed by atoms with Crippen molar-refractivity contribution >= 4 is 0 Å². The molecule has 7 fully saturated rings. The minimum Gasteiger partial charge on any atom is -0.365 e. The van der Waals surface area contributed by atoms with Gasteiger partial charge < -0.3 is 14.2 Å². The highest BCUT2D eigenvalue weighted by Gasteiger charge is 2.76. The van der Waals surface area contributed by atoms with E-state index >= 15 is 0 Å². The average Bonchev–Trinajstić information content (AvgIpc) is 3.25. The van der Waals surface area contributed by atoms with Crippen molar-refractivity contribution in [1.29, 1.82) is 0 Å². The van der Waals surface area contributed by atoms with Crippen LogP contribution in [0.2, 0.25) is 0 Å². The molecule has 12 atom stereocenters. The Morgan fingerprint density at radius 2 is 1.67 bits per heavy atom. The zero-order valence-corrected chi connectivity index (χ0v) is 19.6. The standard InChI is InChI=1S/C27H42O3/c1-16-7-12-27(28-15-16)17(2)23-21(29-27)14-20-18-13-22-26(30-22)10-6-5-9-25(26,4)19(18)8-11-24(20,23)3/h16-23H,5-15H2,1-4H3/t16?,17-,18+,19-,20-,21-,22+,23-,24-,25+,26+,27+/m0/s1. The second-order valence-corrected chi connectivity index (χ2v) is 13.3. The van der Waals surface area contributed by atoms with Crippen LogP contribution < -0.4 is 0 Å². The van der Waals surface area contributed by atoms with E-state index in [2.05, 4.69) is 27.7 Å². The Hall–Kier alpha value is -0.120. The fourth-order valence-corrected chi connectivity index (χ4v) is 10.7. The van der Waals surface area contributed by atoms with Gasteiger partial charge in [0.2, 0.25) is 0 Å². The number of fused-ring (bicyclic) bond motifs is 6. The van der Waals surface area contributed by atoms with Gasteiger partial charge in [-0.25, -0.2) is 0 Å². The van der Waals surface area contributed by atoms with Crippen LogP contribution in [0.15, 0.2) is 0 Å². The van der Waals surface area contributed by atoms with Crippen molar-refractivity contribution < 1.29 is 14.2 Å². The SMILES string of the molecule is CC1CC[C@@]2(OC1)O[C@H]1C[C@H]3[C@@H]4C[C@H]5O[C@]56CCCC[C@]6(C)[C@H]4CC[C@]3(C)[C@H]1[C@@H]2C. The third-order valence-electron chi connectivity index (χ3n) is 12.3. The van der Waals surface area contributed by atoms with Crippen LogP contribution in [0.4, 0.5) is 0 Å². The zero-order chi connectivity index (χ0) is 20.5. The number of epoxide rings is 1. The van der Waals surface area contributed by atoms with Gasteiger partial charge >= 0.3 is 0 Å². The van der Waals surface area contributed by atoms with Crippen LogP contribution in [0, 0.1) is 46.3 Å². The van der Waals surface area contributed by atoms with Crippen LogP contribution >= 0.6 is 0 Å². The number of ether oxygens (including phenoxy) is 3. The summed E-state index contributed by atoms with van der Waals surface area (Å²) in [5.74, 6) is 4.19. The van der Waals surface area contributed by atoms with Gasteiger partial charge in [-0.3, -0.25) is 0 Å². The highest BCUT2D eigenvalue weighted by Crippen LogP contribution is 2.75. The topological polar surface area (TPSA) is 31.0 Å². The molecule has 0 aromatic rings. The molecule has 0 bridgehead atoms. The molecule has 3 aliphatic heterocycles. The van der Waals surface area contributed by atoms with Gasteiger partial charge in [0.25, 0.3) is 0 Å². The summed E-state index contributed by atoms with van der Waals surface area (Å²) in [4.78, 5) is 0. The first kappa shape index (κ1) is 19.4. The lowest BCUT2D eigenvalue weighted by atomic mass is 9.44. The molecule has 0 N–H and O–H groups in total. The quantitative estimate of drug-likeness (QED) is 0.459. The molecule has 30 heavy (non-hydrogen) atoms. The van der Waals surface area contributed by atoms with Gasteiger partial charge in [-0.2, -0.15) is 0 Å². The van der Waals surface area contributed by atoms with E-state index in [-0.39, 0.29) is 11.4 Å². The van der Waals surface area contributed by atoms with Gasteiger partial charge in [0, 0.05) is 17.8 Å². The lowest BCUT2D eigenvalue weighted by Gasteiger charge is -2.59. The molecule has 4 aliphatic carbocycles. The first-order chi connectivity index (χ1) is 14.3. The second kappa shape index (κ2) is 5.86. The monoisotopic (exact) mass is 414 g/mol. The first-order valence-electron chi connectivity index (χ1n) is 13.3. The molecule has 4 saturated carbocycles. The summed E-state index contributed by atoms with van der Waals surface area (Å²) in [6, 6.07) is 0. The number of hydrogen-bond donors (Lipinski definition) is 0. The predicted octanol–water partition coefficient (Wildman–Crippen LogP) is 5.95. The first-order valence-corrected chi connectivity index (χ1v) is 13.3. The maximum atomic E-state index is 6.93. The minimum atomic E-state index is -0.274. The molecule has 3 nitrogen and oxygen atoms in total. The molecule has 0 aromatic carbocycles. The van der Waals surface area contributed by atoms with E-state index in [0.29, 0.717) is 40.8 Å². The van der Waals surface area contributed by atoms with E-state index in [4.69, 9.17) is 14.2 Å². The average molecular weight is 415 g/mol. The van der Waals surface area contributed by atoms with Crippen LogP contribution in [-0.4, -0.2) is 30.2 Å². The van der Waals surface area contributed by atoms with E-state index in [1.54, 1.807) is 0 Å². The molecular formula is C27H42O3. The lowest BCUT2D eigenvalue weighted by Crippen LogP contribution is -2.57. The molecule has 3 saturated heterocycles. The molecule has 7 rings (SSSR count). The van der Waals surface area contributed by atoms with E-state index in [1.165, 1.54) is 57.8 Å². The summed E-state index contributed by atoms with van der Waals surface area (Å²) in [6.45, 7) is 11.0. The van der Waals surface area contributed by atoms with Gasteiger partial charge in [0.15, 0.2) is 5.79 Å². The van der Waals surface area contributed by atoms with Crippen molar-refractivity contribution in [2.45, 2.75) is 115 Å². The molecular weight excluding hydrogens is 372 g/mol. The van der Waals surface area contributed by atoms with Gasteiger partial charge in [-0.15, -0.1) is 0 Å². The molecule has 2 spiro atoms. The van der Waals surface area contributed by atoms with Gasteiger partial charge in [0.1, 0.15) is 5.60 Å². The van der Waals surface area contributed by atoms with Crippen molar-refractivity contribution in [3.63, 3.8) is 0 Å². The summed E-state index contributed by atoms with van der Waals surface area (Å²) in [5, 5.41) is 0. The van der Waals surface area contributed by atoms with E-state index in [0.717, 1.165) is 30.8 Å². The van der Waals surface area contributed by atoms with Gasteiger partial charge in [-0.05, 0) is 80.0 Å². The Kier molecular flexibility index (Phi) is 3.78. The molecule has 3 heterocycles. The van der Waals surface area contributed by atoms with E-state index in [1.807, 2.05) is 0 Å². The molecule has 3 heteroatoms. The summed E-state index contributed by atoms with van der Waals surface area (Å²) in [7, 11) is 0. The summed E-state index contributed by atoms with van der Waals surface area (Å²) in [5.41, 5.74) is 1.14. The van der Waals surface area contributed by atoms with Crippen molar-refractivity contribution in [1.82, 2.24) is 0 Å². The number of hydrogen-bond acceptors (Lipinski definition) is 3. The predicted molar refractivity (Wildman–Crippen MR) is 116 cm³/mol. The molecule has 0 radical (unpaired) electrons. The van der Waals surface area contributed by atoms with Crippen molar-refractivity contribution in [2.75, 3.05) is 6.61 Å². The van der Waals surface area contributed by atoms with Crippen molar-refractivity contribution in [3.05, 3.63) is 0 Å². The van der Waals surface area contributed by atoms with E-state index < -0.39 is 0 Å². The third-order valence-corrected chi connectivity index (χ3v) is 12.3. The van der Waals surface area contributed by atoms with Crippen LogP contribution in [0.5, 0.6) is 0 Å². The van der Waals surface area contributed by atoms with Gasteiger partial charge in [-0.1, -0.05) is 40.5 Å². The highest BCUT2D eigenvalue weighted by molar-refractivity contribution is 5.24. The van der Waals surface area contributed by atoms with Gasteiger partial charge in [0.05, 0.1) is 18.8 Å². The lowest BCUT2D eigenvalue weighted by molar-refractivity contribution is -0.272. The van der Waals surface area contributed by atoms with Crippen molar-refractivity contribution in [2.24, 2.45) is 46.3 Å². The Bertz CT molecular complexity index is 742. The van der Waals surface area contributed by atoms with Crippen LogP contribution in [0.3, 0.4) is 0 Å². The highest BCUT2D eigenvalue weighted by atomic mass is 16.7. The Balaban J connectivity index is 1.19. The Morgan fingerprint density at radius 1 is 0.833 bits per heavy atom. The number of rotatable bonds is 0. The van der Waals surface area contributed by atoms with E-state index in [9.17, 15) is 0 Å². The Labute approximate surface area is 183 Å². The second-order valence-electron chi connectivity index (χ2n) is 13.3. The van der Waals surface area contributed by atoms with Crippen LogP contribution in [-0.2, 0) is 14.2 Å². The minimum absolute atomic E-state index is 0.273. The van der Waals surface area contributed by atoms with Crippen LogP contribution in [0.1, 0.15) is 91.9 Å². The smallest absolute Gasteiger partial charge is 0.171 e. The summed E-state index contributed by atoms with van der Waals surface area (Å²) >= 11 is 0. The fraction of sp³-hybridized carbons (Fsp3) is 1.00. The molecule has 168 valence electrons. The van der Waals surface area contributed by atoms with Crippen molar-refractivity contribution in [3.8, 4) is 0 Å². The largest absolute Gasteiger partial charge is 0.365 e. The molecule has 1 unspecified atom stereocenters.